The maximum atomic E-state index is 12.9. The predicted octanol–water partition coefficient (Wildman–Crippen LogP) is 1.14. The maximum Gasteiger partial charge on any atom is 0.330 e. The average Bonchev–Trinajstić information content (AvgIpc) is 2.66. The molecule has 0 saturated carbocycles. The number of anilines is 2. The summed E-state index contributed by atoms with van der Waals surface area (Å²) in [4.78, 5) is 41.0. The number of carbonyl (C=O) groups is 1. The Kier molecular flexibility index (Phi) is 7.60. The molecule has 0 fully saturated rings. The van der Waals surface area contributed by atoms with Gasteiger partial charge in [-0.25, -0.2) is 4.79 Å². The molecule has 3 N–H and O–H groups in total. The summed E-state index contributed by atoms with van der Waals surface area (Å²) in [5, 5.41) is 0. The van der Waals surface area contributed by atoms with E-state index < -0.39 is 17.2 Å². The van der Waals surface area contributed by atoms with Crippen molar-refractivity contribution in [3.8, 4) is 5.75 Å². The van der Waals surface area contributed by atoms with Crippen molar-refractivity contribution in [1.29, 1.82) is 0 Å². The first-order chi connectivity index (χ1) is 13.7. The van der Waals surface area contributed by atoms with Gasteiger partial charge in [0, 0.05) is 20.2 Å². The zero-order chi connectivity index (χ0) is 21.6. The lowest BCUT2D eigenvalue weighted by Gasteiger charge is -2.24. The number of hydrogen-bond acceptors (Lipinski definition) is 6. The molecule has 9 nitrogen and oxygen atoms in total. The van der Waals surface area contributed by atoms with Gasteiger partial charge in [0.1, 0.15) is 11.6 Å². The van der Waals surface area contributed by atoms with E-state index in [-0.39, 0.29) is 37.2 Å². The number of aryl methyl sites for hydroxylation is 1. The number of aromatic nitrogens is 2. The van der Waals surface area contributed by atoms with Gasteiger partial charge >= 0.3 is 5.69 Å². The molecule has 0 spiro atoms. The fourth-order valence-corrected chi connectivity index (χ4v) is 2.79. The Hall–Kier alpha value is -3.07. The molecular weight excluding hydrogens is 376 g/mol. The van der Waals surface area contributed by atoms with Crippen LogP contribution in [0.3, 0.4) is 0 Å². The monoisotopic (exact) mass is 404 g/mol. The molecule has 0 unspecified atom stereocenters. The Labute approximate surface area is 169 Å². The first kappa shape index (κ1) is 22.2. The number of benzene rings is 1. The van der Waals surface area contributed by atoms with Crippen molar-refractivity contribution >= 4 is 17.4 Å². The van der Waals surface area contributed by atoms with E-state index in [9.17, 15) is 14.4 Å². The number of aromatic amines is 1. The highest BCUT2D eigenvalue weighted by molar-refractivity contribution is 5.96. The number of nitrogens with one attached hydrogen (secondary N) is 1. The number of nitrogens with zero attached hydrogens (tertiary/aromatic N) is 2. The van der Waals surface area contributed by atoms with Crippen molar-refractivity contribution in [3.63, 3.8) is 0 Å². The Morgan fingerprint density at radius 2 is 1.90 bits per heavy atom. The van der Waals surface area contributed by atoms with Gasteiger partial charge in [-0.3, -0.25) is 24.0 Å². The van der Waals surface area contributed by atoms with Gasteiger partial charge in [-0.05, 0) is 25.0 Å². The fourth-order valence-electron chi connectivity index (χ4n) is 2.79. The van der Waals surface area contributed by atoms with E-state index in [0.717, 1.165) is 5.56 Å². The van der Waals surface area contributed by atoms with E-state index >= 15 is 0 Å². The minimum atomic E-state index is -0.729. The summed E-state index contributed by atoms with van der Waals surface area (Å²) in [6, 6.07) is 7.25. The number of carbonyl (C=O) groups excluding carboxylic acids is 1. The zero-order valence-electron chi connectivity index (χ0n) is 17.2. The van der Waals surface area contributed by atoms with Crippen molar-refractivity contribution in [2.45, 2.75) is 27.3 Å². The Bertz CT molecular complexity index is 947. The summed E-state index contributed by atoms with van der Waals surface area (Å²) >= 11 is 0. The molecule has 9 heteroatoms. The van der Waals surface area contributed by atoms with Crippen LogP contribution in [0.15, 0.2) is 33.9 Å². The highest BCUT2D eigenvalue weighted by Gasteiger charge is 2.24. The van der Waals surface area contributed by atoms with Crippen LogP contribution in [0, 0.1) is 12.8 Å². The van der Waals surface area contributed by atoms with Gasteiger partial charge in [-0.2, -0.15) is 0 Å². The molecule has 0 saturated heterocycles. The van der Waals surface area contributed by atoms with Crippen LogP contribution in [0.1, 0.15) is 19.4 Å². The van der Waals surface area contributed by atoms with Crippen LogP contribution in [0.2, 0.25) is 0 Å². The Morgan fingerprint density at radius 1 is 1.24 bits per heavy atom. The number of methoxy groups -OCH3 is 1. The molecule has 0 bridgehead atoms. The van der Waals surface area contributed by atoms with Gasteiger partial charge in [0.2, 0.25) is 0 Å². The molecular formula is C20H28N4O5. The largest absolute Gasteiger partial charge is 0.484 e. The van der Waals surface area contributed by atoms with Gasteiger partial charge in [0.25, 0.3) is 11.5 Å². The van der Waals surface area contributed by atoms with E-state index in [4.69, 9.17) is 15.2 Å². The molecule has 0 aliphatic heterocycles. The smallest absolute Gasteiger partial charge is 0.330 e. The zero-order valence-corrected chi connectivity index (χ0v) is 17.2. The standard InChI is InChI=1S/C20H28N4O5/c1-13(2)11-24-18(21)17(19(26)22-20(24)27)23(9-10-28-4)16(25)12-29-15-7-5-14(3)6-8-15/h5-8,13H,9-12,21H2,1-4H3,(H,22,26,27). The summed E-state index contributed by atoms with van der Waals surface area (Å²) in [6.45, 7) is 6.05. The van der Waals surface area contributed by atoms with Gasteiger partial charge in [0.15, 0.2) is 12.3 Å². The van der Waals surface area contributed by atoms with Crippen molar-refractivity contribution in [1.82, 2.24) is 9.55 Å². The third-order valence-corrected chi connectivity index (χ3v) is 4.24. The van der Waals surface area contributed by atoms with Crippen molar-refractivity contribution in [2.75, 3.05) is 37.5 Å². The van der Waals surface area contributed by atoms with Crippen LogP contribution >= 0.6 is 0 Å². The summed E-state index contributed by atoms with van der Waals surface area (Å²) in [7, 11) is 1.48. The predicted molar refractivity (Wildman–Crippen MR) is 111 cm³/mol. The summed E-state index contributed by atoms with van der Waals surface area (Å²) in [5.74, 6) is 0.103. The van der Waals surface area contributed by atoms with Crippen LogP contribution in [-0.4, -0.2) is 42.3 Å². The molecule has 1 aromatic carbocycles. The van der Waals surface area contributed by atoms with E-state index in [1.165, 1.54) is 16.6 Å². The molecule has 2 rings (SSSR count). The maximum absolute atomic E-state index is 12.9. The van der Waals surface area contributed by atoms with E-state index in [1.807, 2.05) is 32.9 Å². The molecule has 1 aromatic heterocycles. The van der Waals surface area contributed by atoms with E-state index in [2.05, 4.69) is 4.98 Å². The first-order valence-corrected chi connectivity index (χ1v) is 9.36. The number of hydrogen-bond donors (Lipinski definition) is 2. The topological polar surface area (TPSA) is 120 Å². The average molecular weight is 404 g/mol. The van der Waals surface area contributed by atoms with Gasteiger partial charge in [-0.1, -0.05) is 31.5 Å². The van der Waals surface area contributed by atoms with E-state index in [1.54, 1.807) is 12.1 Å². The highest BCUT2D eigenvalue weighted by Crippen LogP contribution is 2.18. The summed E-state index contributed by atoms with van der Waals surface area (Å²) < 4.78 is 11.9. The SMILES string of the molecule is COCCN(C(=O)COc1ccc(C)cc1)c1c(N)n(CC(C)C)c(=O)[nH]c1=O. The van der Waals surface area contributed by atoms with Crippen LogP contribution in [-0.2, 0) is 16.1 Å². The number of amides is 1. The van der Waals surface area contributed by atoms with Crippen molar-refractivity contribution < 1.29 is 14.3 Å². The molecule has 29 heavy (non-hydrogen) atoms. The summed E-state index contributed by atoms with van der Waals surface area (Å²) in [5.41, 5.74) is 5.78. The second-order valence-electron chi connectivity index (χ2n) is 7.14. The number of nitrogens with two attached hydrogens (primary N) is 1. The lowest BCUT2D eigenvalue weighted by molar-refractivity contribution is -0.120. The fraction of sp³-hybridized carbons (Fsp3) is 0.450. The Morgan fingerprint density at radius 3 is 2.48 bits per heavy atom. The first-order valence-electron chi connectivity index (χ1n) is 9.36. The normalized spacial score (nSPS) is 10.9. The molecule has 1 heterocycles. The van der Waals surface area contributed by atoms with Gasteiger partial charge in [-0.15, -0.1) is 0 Å². The van der Waals surface area contributed by atoms with Crippen LogP contribution < -0.4 is 26.6 Å². The minimum Gasteiger partial charge on any atom is -0.484 e. The van der Waals surface area contributed by atoms with Gasteiger partial charge < -0.3 is 15.2 Å². The Balaban J connectivity index is 2.35. The number of H-pyrrole nitrogens is 1. The van der Waals surface area contributed by atoms with Crippen molar-refractivity contribution in [3.05, 3.63) is 50.7 Å². The quantitative estimate of drug-likeness (QED) is 0.647. The molecule has 2 aromatic rings. The van der Waals surface area contributed by atoms with Crippen LogP contribution in [0.25, 0.3) is 0 Å². The molecule has 0 atom stereocenters. The lowest BCUT2D eigenvalue weighted by Crippen LogP contribution is -2.44. The third kappa shape index (κ3) is 5.71. The second-order valence-corrected chi connectivity index (χ2v) is 7.14. The minimum absolute atomic E-state index is 0.0627. The van der Waals surface area contributed by atoms with Crippen LogP contribution in [0.5, 0.6) is 5.75 Å². The van der Waals surface area contributed by atoms with E-state index in [0.29, 0.717) is 12.3 Å². The third-order valence-electron chi connectivity index (χ3n) is 4.24. The van der Waals surface area contributed by atoms with Gasteiger partial charge in [0.05, 0.1) is 6.61 Å². The van der Waals surface area contributed by atoms with Crippen LogP contribution in [0.4, 0.5) is 11.5 Å². The molecule has 0 aliphatic carbocycles. The number of rotatable bonds is 9. The summed E-state index contributed by atoms with van der Waals surface area (Å²) in [6.07, 6.45) is 0. The number of nitrogen functional groups attached to an aromatic ring is 1. The lowest BCUT2D eigenvalue weighted by atomic mass is 10.2. The molecule has 1 amide bonds. The second kappa shape index (κ2) is 9.92. The molecule has 0 aliphatic rings. The number of ether oxygens (including phenoxy) is 2. The molecule has 0 radical (unpaired) electrons. The highest BCUT2D eigenvalue weighted by atomic mass is 16.5. The molecule has 158 valence electrons. The van der Waals surface area contributed by atoms with Crippen molar-refractivity contribution in [2.24, 2.45) is 5.92 Å².